The topological polar surface area (TPSA) is 98.3 Å². The number of primary amides is 1. The van der Waals surface area contributed by atoms with Crippen LogP contribution >= 0.6 is 11.8 Å². The summed E-state index contributed by atoms with van der Waals surface area (Å²) in [7, 11) is 0. The molecular formula is C14H19N3O3S. The van der Waals surface area contributed by atoms with Gasteiger partial charge in [0.2, 0.25) is 5.91 Å². The molecule has 7 heteroatoms. The zero-order chi connectivity index (χ0) is 15.5. The standard InChI is InChI=1S/C14H19N3O3S/c1-2-16-14(13(15)18)8-7-10(9-14)21-12-6-4-3-5-11(12)17(19)20/h3-6,10,16H,2,7-9H2,1H3,(H2,15,18). The third-order valence-corrected chi connectivity index (χ3v) is 5.15. The second-order valence-corrected chi connectivity index (χ2v) is 6.53. The Labute approximate surface area is 127 Å². The molecule has 0 bridgehead atoms. The SMILES string of the molecule is CCNC1(C(N)=O)CCC(Sc2ccccc2[N+](=O)[O-])C1. The van der Waals surface area contributed by atoms with Gasteiger partial charge >= 0.3 is 0 Å². The fourth-order valence-corrected chi connectivity index (χ4v) is 4.18. The molecule has 2 unspecified atom stereocenters. The van der Waals surface area contributed by atoms with E-state index in [4.69, 9.17) is 5.73 Å². The highest BCUT2D eigenvalue weighted by atomic mass is 32.2. The first-order chi connectivity index (χ1) is 9.98. The van der Waals surface area contributed by atoms with Crippen molar-refractivity contribution < 1.29 is 9.72 Å². The van der Waals surface area contributed by atoms with Gasteiger partial charge in [-0.2, -0.15) is 0 Å². The summed E-state index contributed by atoms with van der Waals surface area (Å²) in [5.74, 6) is -0.338. The number of nitro groups is 1. The molecule has 0 heterocycles. The van der Waals surface area contributed by atoms with Crippen LogP contribution in [0.5, 0.6) is 0 Å². The van der Waals surface area contributed by atoms with Crippen molar-refractivity contribution in [3.05, 3.63) is 34.4 Å². The van der Waals surface area contributed by atoms with Crippen molar-refractivity contribution in [1.82, 2.24) is 5.32 Å². The molecule has 3 N–H and O–H groups in total. The van der Waals surface area contributed by atoms with Gasteiger partial charge in [0.1, 0.15) is 0 Å². The maximum atomic E-state index is 11.7. The second kappa shape index (κ2) is 6.44. The van der Waals surface area contributed by atoms with Crippen LogP contribution in [0.1, 0.15) is 26.2 Å². The molecule has 114 valence electrons. The van der Waals surface area contributed by atoms with Crippen molar-refractivity contribution in [3.63, 3.8) is 0 Å². The van der Waals surface area contributed by atoms with Gasteiger partial charge in [-0.05, 0) is 31.9 Å². The van der Waals surface area contributed by atoms with Crippen LogP contribution in [0.15, 0.2) is 29.2 Å². The fourth-order valence-electron chi connectivity index (χ4n) is 2.80. The highest BCUT2D eigenvalue weighted by molar-refractivity contribution is 8.00. The molecular weight excluding hydrogens is 290 g/mol. The molecule has 6 nitrogen and oxygen atoms in total. The minimum Gasteiger partial charge on any atom is -0.368 e. The van der Waals surface area contributed by atoms with E-state index in [1.165, 1.54) is 17.8 Å². The highest BCUT2D eigenvalue weighted by Crippen LogP contribution is 2.42. The third kappa shape index (κ3) is 3.36. The van der Waals surface area contributed by atoms with Crippen molar-refractivity contribution in [3.8, 4) is 0 Å². The number of amides is 1. The third-order valence-electron chi connectivity index (χ3n) is 3.81. The number of hydrogen-bond donors (Lipinski definition) is 2. The minimum absolute atomic E-state index is 0.113. The van der Waals surface area contributed by atoms with Crippen LogP contribution < -0.4 is 11.1 Å². The Hall–Kier alpha value is -1.60. The summed E-state index contributed by atoms with van der Waals surface area (Å²) in [6.45, 7) is 2.61. The van der Waals surface area contributed by atoms with Gasteiger partial charge in [0.25, 0.3) is 5.69 Å². The predicted molar refractivity (Wildman–Crippen MR) is 82.2 cm³/mol. The van der Waals surface area contributed by atoms with Gasteiger partial charge in [0, 0.05) is 11.3 Å². The summed E-state index contributed by atoms with van der Waals surface area (Å²) in [5.41, 5.74) is 4.98. The smallest absolute Gasteiger partial charge is 0.282 e. The Kier molecular flexibility index (Phi) is 4.84. The highest BCUT2D eigenvalue weighted by Gasteiger charge is 2.44. The van der Waals surface area contributed by atoms with Crippen LogP contribution in [-0.4, -0.2) is 28.2 Å². The Morgan fingerprint density at radius 3 is 2.90 bits per heavy atom. The lowest BCUT2D eigenvalue weighted by Gasteiger charge is -2.26. The van der Waals surface area contributed by atoms with Crippen LogP contribution in [0.4, 0.5) is 5.69 Å². The molecule has 0 aromatic heterocycles. The number of nitrogens with two attached hydrogens (primary N) is 1. The van der Waals surface area contributed by atoms with Crippen molar-refractivity contribution in [2.45, 2.75) is 41.9 Å². The number of carbonyl (C=O) groups excluding carboxylic acids is 1. The van der Waals surface area contributed by atoms with Crippen LogP contribution in [0.3, 0.4) is 0 Å². The van der Waals surface area contributed by atoms with E-state index in [0.29, 0.717) is 24.3 Å². The van der Waals surface area contributed by atoms with Crippen LogP contribution in [0, 0.1) is 10.1 Å². The molecule has 1 aromatic rings. The van der Waals surface area contributed by atoms with Crippen molar-refractivity contribution in [1.29, 1.82) is 0 Å². The van der Waals surface area contributed by atoms with Gasteiger partial charge in [-0.3, -0.25) is 14.9 Å². The molecule has 1 amide bonds. The molecule has 0 spiro atoms. The van der Waals surface area contributed by atoms with Crippen LogP contribution in [-0.2, 0) is 4.79 Å². The lowest BCUT2D eigenvalue weighted by Crippen LogP contribution is -2.53. The Bertz CT molecular complexity index is 552. The van der Waals surface area contributed by atoms with E-state index in [0.717, 1.165) is 6.42 Å². The average molecular weight is 309 g/mol. The summed E-state index contributed by atoms with van der Waals surface area (Å²) in [6.07, 6.45) is 2.09. The van der Waals surface area contributed by atoms with E-state index in [2.05, 4.69) is 5.32 Å². The van der Waals surface area contributed by atoms with Gasteiger partial charge in [0.15, 0.2) is 0 Å². The Morgan fingerprint density at radius 1 is 1.57 bits per heavy atom. The lowest BCUT2D eigenvalue weighted by atomic mass is 9.97. The summed E-state index contributed by atoms with van der Waals surface area (Å²) in [5, 5.41) is 14.4. The van der Waals surface area contributed by atoms with Crippen molar-refractivity contribution in [2.75, 3.05) is 6.54 Å². The molecule has 1 aliphatic carbocycles. The lowest BCUT2D eigenvalue weighted by molar-refractivity contribution is -0.387. The van der Waals surface area contributed by atoms with Gasteiger partial charge < -0.3 is 11.1 Å². The fraction of sp³-hybridized carbons (Fsp3) is 0.500. The Balaban J connectivity index is 2.13. The van der Waals surface area contributed by atoms with Crippen LogP contribution in [0.25, 0.3) is 0 Å². The maximum absolute atomic E-state index is 11.7. The predicted octanol–water partition coefficient (Wildman–Crippen LogP) is 2.07. The molecule has 2 rings (SSSR count). The second-order valence-electron chi connectivity index (χ2n) is 5.18. The number of likely N-dealkylation sites (N-methyl/N-ethyl adjacent to an activating group) is 1. The van der Waals surface area contributed by atoms with Crippen LogP contribution in [0.2, 0.25) is 0 Å². The first-order valence-corrected chi connectivity index (χ1v) is 7.81. The van der Waals surface area contributed by atoms with E-state index in [9.17, 15) is 14.9 Å². The van der Waals surface area contributed by atoms with Gasteiger partial charge in [0.05, 0.1) is 15.4 Å². The number of nitrogens with one attached hydrogen (secondary N) is 1. The molecule has 2 atom stereocenters. The summed E-state index contributed by atoms with van der Waals surface area (Å²) < 4.78 is 0. The number of nitro benzene ring substituents is 1. The summed E-state index contributed by atoms with van der Waals surface area (Å²) >= 11 is 1.46. The number of thioether (sulfide) groups is 1. The van der Waals surface area contributed by atoms with Crippen molar-refractivity contribution >= 4 is 23.4 Å². The summed E-state index contributed by atoms with van der Waals surface area (Å²) in [4.78, 5) is 23.0. The first-order valence-electron chi connectivity index (χ1n) is 6.93. The molecule has 0 radical (unpaired) electrons. The van der Waals surface area contributed by atoms with Gasteiger partial charge in [-0.15, -0.1) is 11.8 Å². The maximum Gasteiger partial charge on any atom is 0.282 e. The minimum atomic E-state index is -0.671. The molecule has 0 saturated heterocycles. The van der Waals surface area contributed by atoms with Crippen molar-refractivity contribution in [2.24, 2.45) is 5.73 Å². The van der Waals surface area contributed by atoms with E-state index >= 15 is 0 Å². The molecule has 1 aliphatic rings. The van der Waals surface area contributed by atoms with Gasteiger partial charge in [-0.1, -0.05) is 19.1 Å². The molecule has 1 saturated carbocycles. The molecule has 21 heavy (non-hydrogen) atoms. The van der Waals surface area contributed by atoms with E-state index < -0.39 is 5.54 Å². The zero-order valence-corrected chi connectivity index (χ0v) is 12.7. The van der Waals surface area contributed by atoms with Gasteiger partial charge in [-0.25, -0.2) is 0 Å². The number of rotatable bonds is 6. The zero-order valence-electron chi connectivity index (χ0n) is 11.9. The Morgan fingerprint density at radius 2 is 2.29 bits per heavy atom. The average Bonchev–Trinajstić information content (AvgIpc) is 2.84. The number of para-hydroxylation sites is 1. The number of benzene rings is 1. The number of carbonyl (C=O) groups is 1. The first kappa shape index (κ1) is 15.8. The van der Waals surface area contributed by atoms with E-state index in [-0.39, 0.29) is 21.8 Å². The quantitative estimate of drug-likeness (QED) is 0.619. The largest absolute Gasteiger partial charge is 0.368 e. The molecule has 0 aliphatic heterocycles. The van der Waals surface area contributed by atoms with E-state index in [1.807, 2.05) is 6.92 Å². The summed E-state index contributed by atoms with van der Waals surface area (Å²) in [6, 6.07) is 6.70. The molecule has 1 fully saturated rings. The monoisotopic (exact) mass is 309 g/mol. The normalized spacial score (nSPS) is 24.9. The molecule has 1 aromatic carbocycles. The number of nitrogens with zero attached hydrogens (tertiary/aromatic N) is 1. The van der Waals surface area contributed by atoms with E-state index in [1.54, 1.807) is 18.2 Å². The number of hydrogen-bond acceptors (Lipinski definition) is 5.